The average Bonchev–Trinajstić information content (AvgIpc) is 3.21. The van der Waals surface area contributed by atoms with Crippen LogP contribution < -0.4 is 5.32 Å². The maximum absolute atomic E-state index is 12.8. The summed E-state index contributed by atoms with van der Waals surface area (Å²) >= 11 is 0. The zero-order valence-electron chi connectivity index (χ0n) is 17.4. The Bertz CT molecular complexity index is 1270. The van der Waals surface area contributed by atoms with E-state index in [0.717, 1.165) is 5.56 Å². The van der Waals surface area contributed by atoms with Crippen molar-refractivity contribution in [2.75, 3.05) is 5.32 Å². The van der Waals surface area contributed by atoms with Gasteiger partial charge in [0.1, 0.15) is 5.82 Å². The summed E-state index contributed by atoms with van der Waals surface area (Å²) in [6, 6.07) is 17.1. The third-order valence-electron chi connectivity index (χ3n) is 4.99. The molecule has 1 amide bonds. The molecule has 8 nitrogen and oxygen atoms in total. The van der Waals surface area contributed by atoms with Gasteiger partial charge in [-0.3, -0.25) is 14.9 Å². The topological polar surface area (TPSA) is 102 Å². The van der Waals surface area contributed by atoms with Crippen LogP contribution in [0.1, 0.15) is 36.7 Å². The van der Waals surface area contributed by atoms with E-state index in [1.807, 2.05) is 12.1 Å². The van der Waals surface area contributed by atoms with E-state index >= 15 is 0 Å². The molecule has 0 saturated heterocycles. The van der Waals surface area contributed by atoms with Crippen molar-refractivity contribution in [1.82, 2.24) is 14.6 Å². The van der Waals surface area contributed by atoms with Crippen LogP contribution in [0.3, 0.4) is 0 Å². The standard InChI is InChI=1S/C23H21N5O3/c1-23(2,3)17-8-4-16(5-9-17)22(29)26-20-14-19(27-21(25-20)12-13-24-27)15-6-10-18(11-7-15)28(30)31/h4-14H,1-3H3,(H,25,26,29). The van der Waals surface area contributed by atoms with Crippen LogP contribution in [-0.4, -0.2) is 25.4 Å². The molecule has 31 heavy (non-hydrogen) atoms. The van der Waals surface area contributed by atoms with Crippen molar-refractivity contribution in [3.8, 4) is 11.3 Å². The first kappa shape index (κ1) is 20.2. The lowest BCUT2D eigenvalue weighted by atomic mass is 9.87. The van der Waals surface area contributed by atoms with E-state index in [0.29, 0.717) is 28.3 Å². The number of nitro benzene ring substituents is 1. The van der Waals surface area contributed by atoms with E-state index in [4.69, 9.17) is 0 Å². The zero-order valence-corrected chi connectivity index (χ0v) is 17.4. The monoisotopic (exact) mass is 415 g/mol. The van der Waals surface area contributed by atoms with Gasteiger partial charge >= 0.3 is 0 Å². The fourth-order valence-electron chi connectivity index (χ4n) is 3.25. The molecule has 156 valence electrons. The SMILES string of the molecule is CC(C)(C)c1ccc(C(=O)Nc2cc(-c3ccc([N+](=O)[O-])cc3)n3nccc3n2)cc1. The quantitative estimate of drug-likeness (QED) is 0.379. The number of nitrogens with one attached hydrogen (secondary N) is 1. The number of benzene rings is 2. The maximum Gasteiger partial charge on any atom is 0.269 e. The molecule has 0 unspecified atom stereocenters. The van der Waals surface area contributed by atoms with E-state index in [1.165, 1.54) is 12.1 Å². The highest BCUT2D eigenvalue weighted by Gasteiger charge is 2.16. The molecule has 4 rings (SSSR count). The van der Waals surface area contributed by atoms with E-state index in [2.05, 4.69) is 36.2 Å². The molecular formula is C23H21N5O3. The number of rotatable bonds is 4. The summed E-state index contributed by atoms with van der Waals surface area (Å²) in [5.74, 6) is 0.0951. The van der Waals surface area contributed by atoms with Gasteiger partial charge in [-0.2, -0.15) is 5.10 Å². The first-order chi connectivity index (χ1) is 14.7. The van der Waals surface area contributed by atoms with Gasteiger partial charge in [-0.05, 0) is 35.2 Å². The number of aromatic nitrogens is 3. The second-order valence-corrected chi connectivity index (χ2v) is 8.21. The number of fused-ring (bicyclic) bond motifs is 1. The molecule has 1 N–H and O–H groups in total. The van der Waals surface area contributed by atoms with Crippen LogP contribution in [0.5, 0.6) is 0 Å². The van der Waals surface area contributed by atoms with Crippen LogP contribution in [-0.2, 0) is 5.41 Å². The molecular weight excluding hydrogens is 394 g/mol. The average molecular weight is 415 g/mol. The van der Waals surface area contributed by atoms with Crippen molar-refractivity contribution in [2.45, 2.75) is 26.2 Å². The summed E-state index contributed by atoms with van der Waals surface area (Å²) in [6.07, 6.45) is 1.61. The largest absolute Gasteiger partial charge is 0.306 e. The van der Waals surface area contributed by atoms with Crippen LogP contribution in [0.4, 0.5) is 11.5 Å². The molecule has 8 heteroatoms. The van der Waals surface area contributed by atoms with Crippen molar-refractivity contribution in [1.29, 1.82) is 0 Å². The van der Waals surface area contributed by atoms with Crippen LogP contribution in [0, 0.1) is 10.1 Å². The molecule has 0 fully saturated rings. The van der Waals surface area contributed by atoms with Crippen molar-refractivity contribution < 1.29 is 9.72 Å². The minimum absolute atomic E-state index is 0.00162. The molecule has 2 heterocycles. The lowest BCUT2D eigenvalue weighted by molar-refractivity contribution is -0.384. The third-order valence-corrected chi connectivity index (χ3v) is 4.99. The Morgan fingerprint density at radius 1 is 1.03 bits per heavy atom. The highest BCUT2D eigenvalue weighted by atomic mass is 16.6. The van der Waals surface area contributed by atoms with Gasteiger partial charge in [0.2, 0.25) is 0 Å². The summed E-state index contributed by atoms with van der Waals surface area (Å²) in [6.45, 7) is 6.35. The van der Waals surface area contributed by atoms with Crippen LogP contribution in [0.25, 0.3) is 16.9 Å². The number of nitro groups is 1. The number of carbonyl (C=O) groups excluding carboxylic acids is 1. The van der Waals surface area contributed by atoms with Gasteiger partial charge in [-0.1, -0.05) is 32.9 Å². The van der Waals surface area contributed by atoms with Gasteiger partial charge in [0.15, 0.2) is 5.65 Å². The lowest BCUT2D eigenvalue weighted by Crippen LogP contribution is -2.15. The first-order valence-electron chi connectivity index (χ1n) is 9.74. The minimum atomic E-state index is -0.448. The molecule has 0 aliphatic heterocycles. The summed E-state index contributed by atoms with van der Waals surface area (Å²) in [5, 5.41) is 18.0. The minimum Gasteiger partial charge on any atom is -0.306 e. The first-order valence-corrected chi connectivity index (χ1v) is 9.74. The highest BCUT2D eigenvalue weighted by molar-refractivity contribution is 6.04. The summed E-state index contributed by atoms with van der Waals surface area (Å²) in [5.41, 5.74) is 3.60. The van der Waals surface area contributed by atoms with Crippen molar-refractivity contribution in [2.24, 2.45) is 0 Å². The predicted octanol–water partition coefficient (Wildman–Crippen LogP) is 4.85. The molecule has 4 aromatic rings. The number of non-ortho nitro benzene ring substituents is 1. The van der Waals surface area contributed by atoms with Gasteiger partial charge in [0, 0.05) is 35.4 Å². The molecule has 0 aliphatic rings. The van der Waals surface area contributed by atoms with Gasteiger partial charge in [0.25, 0.3) is 11.6 Å². The third kappa shape index (κ3) is 4.13. The number of nitrogens with zero attached hydrogens (tertiary/aromatic N) is 4. The van der Waals surface area contributed by atoms with Gasteiger partial charge in [-0.25, -0.2) is 9.50 Å². The molecule has 0 radical (unpaired) electrons. The number of hydrogen-bond acceptors (Lipinski definition) is 5. The summed E-state index contributed by atoms with van der Waals surface area (Å²) in [7, 11) is 0. The second kappa shape index (κ2) is 7.64. The van der Waals surface area contributed by atoms with Gasteiger partial charge < -0.3 is 5.32 Å². The van der Waals surface area contributed by atoms with Crippen LogP contribution in [0.2, 0.25) is 0 Å². The predicted molar refractivity (Wildman–Crippen MR) is 118 cm³/mol. The Morgan fingerprint density at radius 2 is 1.71 bits per heavy atom. The van der Waals surface area contributed by atoms with Crippen LogP contribution in [0.15, 0.2) is 66.9 Å². The summed E-state index contributed by atoms with van der Waals surface area (Å²) in [4.78, 5) is 27.7. The smallest absolute Gasteiger partial charge is 0.269 e. The van der Waals surface area contributed by atoms with Gasteiger partial charge in [0.05, 0.1) is 16.8 Å². The number of amides is 1. The van der Waals surface area contributed by atoms with Crippen molar-refractivity contribution in [3.05, 3.63) is 88.1 Å². The molecule has 0 bridgehead atoms. The number of hydrogen-bond donors (Lipinski definition) is 1. The normalized spacial score (nSPS) is 11.5. The fourth-order valence-corrected chi connectivity index (χ4v) is 3.25. The molecule has 0 aliphatic carbocycles. The Kier molecular flexibility index (Phi) is 4.98. The Balaban J connectivity index is 1.65. The van der Waals surface area contributed by atoms with E-state index in [-0.39, 0.29) is 17.0 Å². The van der Waals surface area contributed by atoms with Crippen molar-refractivity contribution >= 4 is 23.1 Å². The Morgan fingerprint density at radius 3 is 2.32 bits per heavy atom. The van der Waals surface area contributed by atoms with E-state index < -0.39 is 4.92 Å². The lowest BCUT2D eigenvalue weighted by Gasteiger charge is -2.19. The zero-order chi connectivity index (χ0) is 22.2. The van der Waals surface area contributed by atoms with Gasteiger partial charge in [-0.15, -0.1) is 0 Å². The molecule has 0 spiro atoms. The molecule has 2 aromatic heterocycles. The highest BCUT2D eigenvalue weighted by Crippen LogP contribution is 2.26. The second-order valence-electron chi connectivity index (χ2n) is 8.21. The van der Waals surface area contributed by atoms with E-state index in [9.17, 15) is 14.9 Å². The summed E-state index contributed by atoms with van der Waals surface area (Å²) < 4.78 is 1.62. The number of anilines is 1. The van der Waals surface area contributed by atoms with Crippen molar-refractivity contribution in [3.63, 3.8) is 0 Å². The molecule has 2 aromatic carbocycles. The maximum atomic E-state index is 12.8. The number of carbonyl (C=O) groups is 1. The Labute approximate surface area is 178 Å². The Hall–Kier alpha value is -4.07. The van der Waals surface area contributed by atoms with Crippen LogP contribution >= 0.6 is 0 Å². The fraction of sp³-hybridized carbons (Fsp3) is 0.174. The van der Waals surface area contributed by atoms with E-state index in [1.54, 1.807) is 47.1 Å². The molecule has 0 atom stereocenters. The molecule has 0 saturated carbocycles.